The second kappa shape index (κ2) is 5.11. The minimum absolute atomic E-state index is 0.106. The Morgan fingerprint density at radius 2 is 2.05 bits per heavy atom. The number of benzene rings is 1. The summed E-state index contributed by atoms with van der Waals surface area (Å²) in [5.41, 5.74) is 6.20. The van der Waals surface area contributed by atoms with E-state index < -0.39 is 0 Å². The van der Waals surface area contributed by atoms with Crippen molar-refractivity contribution in [1.82, 2.24) is 4.90 Å². The number of carbonyl (C=O) groups excluding carboxylic acids is 1. The van der Waals surface area contributed by atoms with E-state index in [4.69, 9.17) is 5.73 Å². The molecule has 0 aliphatic carbocycles. The number of carbonyl (C=O) groups is 1. The van der Waals surface area contributed by atoms with Crippen molar-refractivity contribution in [3.8, 4) is 5.75 Å². The third kappa shape index (κ3) is 2.53. The van der Waals surface area contributed by atoms with E-state index >= 15 is 0 Å². The number of hydrogen-bond donors (Lipinski definition) is 2. The van der Waals surface area contributed by atoms with Gasteiger partial charge in [-0.3, -0.25) is 4.79 Å². The fraction of sp³-hybridized carbons (Fsp3) is 0.533. The molecule has 1 aromatic carbocycles. The van der Waals surface area contributed by atoms with Gasteiger partial charge in [0.1, 0.15) is 0 Å². The molecule has 1 amide bonds. The van der Waals surface area contributed by atoms with E-state index in [9.17, 15) is 9.90 Å². The number of phenolic OH excluding ortho intramolecular Hbond substituents is 1. The van der Waals surface area contributed by atoms with E-state index in [1.165, 1.54) is 0 Å². The minimum Gasteiger partial charge on any atom is -0.505 e. The summed E-state index contributed by atoms with van der Waals surface area (Å²) in [7, 11) is 0. The van der Waals surface area contributed by atoms with E-state index in [1.807, 2.05) is 4.90 Å². The Balaban J connectivity index is 2.30. The van der Waals surface area contributed by atoms with Crippen LogP contribution in [0.2, 0.25) is 0 Å². The first-order valence-corrected chi connectivity index (χ1v) is 6.80. The molecule has 1 fully saturated rings. The van der Waals surface area contributed by atoms with Crippen molar-refractivity contribution in [1.29, 1.82) is 0 Å². The van der Waals surface area contributed by atoms with Gasteiger partial charge >= 0.3 is 0 Å². The van der Waals surface area contributed by atoms with Crippen LogP contribution in [0.5, 0.6) is 5.75 Å². The molecule has 0 radical (unpaired) electrons. The molecule has 0 saturated carbocycles. The molecule has 1 saturated heterocycles. The molecule has 19 heavy (non-hydrogen) atoms. The zero-order chi connectivity index (χ0) is 14.2. The van der Waals surface area contributed by atoms with Gasteiger partial charge in [-0.2, -0.15) is 0 Å². The number of piperidine rings is 1. The number of para-hydroxylation sites is 1. The summed E-state index contributed by atoms with van der Waals surface area (Å²) in [5, 5.41) is 9.94. The molecule has 3 N–H and O–H groups in total. The summed E-state index contributed by atoms with van der Waals surface area (Å²) in [6.07, 6.45) is 1.13. The standard InChI is InChI=1S/C15H22N2O2/c1-9-7-10(2)11(3)17(8-9)15(19)12-5-4-6-13(16)14(12)18/h4-6,9-11,18H,7-8,16H2,1-3H3. The van der Waals surface area contributed by atoms with Gasteiger partial charge in [0.15, 0.2) is 5.75 Å². The number of nitrogens with zero attached hydrogens (tertiary/aromatic N) is 1. The van der Waals surface area contributed by atoms with E-state index in [0.717, 1.165) is 13.0 Å². The molecule has 0 spiro atoms. The summed E-state index contributed by atoms with van der Waals surface area (Å²) in [6.45, 7) is 7.12. The molecule has 4 heteroatoms. The summed E-state index contributed by atoms with van der Waals surface area (Å²) in [4.78, 5) is 14.4. The van der Waals surface area contributed by atoms with Crippen LogP contribution in [0.25, 0.3) is 0 Å². The Morgan fingerprint density at radius 3 is 2.74 bits per heavy atom. The lowest BCUT2D eigenvalue weighted by atomic mass is 9.85. The summed E-state index contributed by atoms with van der Waals surface area (Å²) in [6, 6.07) is 5.11. The van der Waals surface area contributed by atoms with Crippen molar-refractivity contribution in [3.05, 3.63) is 23.8 Å². The molecule has 104 valence electrons. The number of amides is 1. The van der Waals surface area contributed by atoms with E-state index in [1.54, 1.807) is 18.2 Å². The van der Waals surface area contributed by atoms with Crippen LogP contribution < -0.4 is 5.73 Å². The number of hydrogen-bond acceptors (Lipinski definition) is 3. The van der Waals surface area contributed by atoms with Crippen molar-refractivity contribution >= 4 is 11.6 Å². The summed E-state index contributed by atoms with van der Waals surface area (Å²) in [5.74, 6) is 0.718. The first-order valence-electron chi connectivity index (χ1n) is 6.80. The van der Waals surface area contributed by atoms with Crippen molar-refractivity contribution in [2.45, 2.75) is 33.2 Å². The van der Waals surface area contributed by atoms with E-state index in [-0.39, 0.29) is 23.4 Å². The highest BCUT2D eigenvalue weighted by Crippen LogP contribution is 2.31. The minimum atomic E-state index is -0.129. The number of nitrogen functional groups attached to an aromatic ring is 1. The predicted molar refractivity (Wildman–Crippen MR) is 76.0 cm³/mol. The van der Waals surface area contributed by atoms with Crippen LogP contribution in [0.15, 0.2) is 18.2 Å². The number of likely N-dealkylation sites (tertiary alicyclic amines) is 1. The van der Waals surface area contributed by atoms with Crippen molar-refractivity contribution in [2.24, 2.45) is 11.8 Å². The SMILES string of the molecule is CC1CC(C)C(C)N(C(=O)c2cccc(N)c2O)C1. The molecular formula is C15H22N2O2. The molecule has 1 aliphatic heterocycles. The second-order valence-corrected chi connectivity index (χ2v) is 5.76. The van der Waals surface area contributed by atoms with Gasteiger partial charge in [0.05, 0.1) is 11.3 Å². The smallest absolute Gasteiger partial charge is 0.257 e. The second-order valence-electron chi connectivity index (χ2n) is 5.76. The molecule has 0 bridgehead atoms. The maximum Gasteiger partial charge on any atom is 0.257 e. The quantitative estimate of drug-likeness (QED) is 0.603. The molecule has 3 unspecified atom stereocenters. The average molecular weight is 262 g/mol. The lowest BCUT2D eigenvalue weighted by Gasteiger charge is -2.41. The normalized spacial score (nSPS) is 27.3. The molecule has 0 aromatic heterocycles. The van der Waals surface area contributed by atoms with Gasteiger partial charge in [-0.05, 0) is 37.3 Å². The number of anilines is 1. The first kappa shape index (κ1) is 13.7. The molecule has 3 atom stereocenters. The molecule has 4 nitrogen and oxygen atoms in total. The largest absolute Gasteiger partial charge is 0.505 e. The predicted octanol–water partition coefficient (Wildman–Crippen LogP) is 2.48. The van der Waals surface area contributed by atoms with Gasteiger partial charge in [0.25, 0.3) is 5.91 Å². The van der Waals surface area contributed by atoms with Gasteiger partial charge in [-0.25, -0.2) is 0 Å². The fourth-order valence-electron chi connectivity index (χ4n) is 2.87. The molecule has 1 aromatic rings. The van der Waals surface area contributed by atoms with Crippen LogP contribution in [0.1, 0.15) is 37.6 Å². The Kier molecular flexibility index (Phi) is 3.69. The Labute approximate surface area is 114 Å². The third-order valence-electron chi connectivity index (χ3n) is 4.16. The van der Waals surface area contributed by atoms with E-state index in [0.29, 0.717) is 17.4 Å². The fourth-order valence-corrected chi connectivity index (χ4v) is 2.87. The third-order valence-corrected chi connectivity index (χ3v) is 4.16. The van der Waals surface area contributed by atoms with Crippen LogP contribution >= 0.6 is 0 Å². The van der Waals surface area contributed by atoms with Gasteiger partial charge in [-0.15, -0.1) is 0 Å². The van der Waals surface area contributed by atoms with Crippen molar-refractivity contribution in [2.75, 3.05) is 12.3 Å². The van der Waals surface area contributed by atoms with Crippen LogP contribution in [0.4, 0.5) is 5.69 Å². The lowest BCUT2D eigenvalue weighted by molar-refractivity contribution is 0.0453. The van der Waals surface area contributed by atoms with Crippen molar-refractivity contribution in [3.63, 3.8) is 0 Å². The molecule has 1 heterocycles. The van der Waals surface area contributed by atoms with Crippen molar-refractivity contribution < 1.29 is 9.90 Å². The van der Waals surface area contributed by atoms with Crippen LogP contribution in [-0.4, -0.2) is 28.5 Å². The summed E-state index contributed by atoms with van der Waals surface area (Å²) < 4.78 is 0. The lowest BCUT2D eigenvalue weighted by Crippen LogP contribution is -2.48. The Morgan fingerprint density at radius 1 is 1.37 bits per heavy atom. The number of phenols is 1. The summed E-state index contributed by atoms with van der Waals surface area (Å²) >= 11 is 0. The zero-order valence-electron chi connectivity index (χ0n) is 11.8. The van der Waals surface area contributed by atoms with Gasteiger partial charge in [-0.1, -0.05) is 19.9 Å². The maximum absolute atomic E-state index is 12.6. The highest BCUT2D eigenvalue weighted by atomic mass is 16.3. The molecular weight excluding hydrogens is 240 g/mol. The molecule has 1 aliphatic rings. The van der Waals surface area contributed by atoms with Gasteiger partial charge in [0, 0.05) is 12.6 Å². The van der Waals surface area contributed by atoms with Crippen LogP contribution in [-0.2, 0) is 0 Å². The highest BCUT2D eigenvalue weighted by molar-refractivity contribution is 5.98. The van der Waals surface area contributed by atoms with Crippen LogP contribution in [0.3, 0.4) is 0 Å². The topological polar surface area (TPSA) is 66.6 Å². The molecule has 2 rings (SSSR count). The Bertz CT molecular complexity index is 487. The average Bonchev–Trinajstić information content (AvgIpc) is 2.36. The highest BCUT2D eigenvalue weighted by Gasteiger charge is 2.33. The van der Waals surface area contributed by atoms with Gasteiger partial charge in [0.2, 0.25) is 0 Å². The number of rotatable bonds is 1. The van der Waals surface area contributed by atoms with Gasteiger partial charge < -0.3 is 15.7 Å². The Hall–Kier alpha value is -1.71. The van der Waals surface area contributed by atoms with E-state index in [2.05, 4.69) is 20.8 Å². The zero-order valence-corrected chi connectivity index (χ0v) is 11.8. The maximum atomic E-state index is 12.6. The number of aromatic hydroxyl groups is 1. The first-order chi connectivity index (χ1) is 8.91. The number of nitrogens with two attached hydrogens (primary N) is 1. The monoisotopic (exact) mass is 262 g/mol. The van der Waals surface area contributed by atoms with Crippen LogP contribution in [0, 0.1) is 11.8 Å².